The number of hydrogen-bond donors (Lipinski definition) is 2. The fourth-order valence-corrected chi connectivity index (χ4v) is 5.59. The van der Waals surface area contributed by atoms with Crippen LogP contribution in [0.4, 0.5) is 4.39 Å². The molecule has 4 aliphatic rings. The van der Waals surface area contributed by atoms with Crippen molar-refractivity contribution in [1.29, 1.82) is 0 Å². The molecule has 0 aliphatic heterocycles. The Morgan fingerprint density at radius 2 is 1.62 bits per heavy atom. The van der Waals surface area contributed by atoms with Crippen LogP contribution in [0.3, 0.4) is 0 Å². The molecule has 0 heterocycles. The molecule has 21 heavy (non-hydrogen) atoms. The number of halogens is 1. The minimum Gasteiger partial charge on any atom is -0.508 e. The maximum atomic E-state index is 13.7. The zero-order chi connectivity index (χ0) is 14.8. The molecule has 4 fully saturated rings. The van der Waals surface area contributed by atoms with Gasteiger partial charge in [-0.1, -0.05) is 0 Å². The lowest BCUT2D eigenvalue weighted by Crippen LogP contribution is -2.48. The van der Waals surface area contributed by atoms with E-state index in [1.807, 2.05) is 0 Å². The first-order valence-electron chi connectivity index (χ1n) is 7.73. The van der Waals surface area contributed by atoms with Gasteiger partial charge in [0.1, 0.15) is 11.6 Å². The summed E-state index contributed by atoms with van der Waals surface area (Å²) in [7, 11) is 0. The molecule has 0 aromatic heterocycles. The summed E-state index contributed by atoms with van der Waals surface area (Å²) in [6.07, 6.45) is 6.85. The molecule has 4 aliphatic carbocycles. The maximum Gasteiger partial charge on any atom is 0.338 e. The van der Waals surface area contributed by atoms with Gasteiger partial charge in [-0.05, 0) is 67.8 Å². The number of carboxylic acids is 1. The quantitative estimate of drug-likeness (QED) is 0.873. The summed E-state index contributed by atoms with van der Waals surface area (Å²) in [5.74, 6) is -0.122. The van der Waals surface area contributed by atoms with Crippen LogP contribution in [-0.4, -0.2) is 16.2 Å². The molecular weight excluding hydrogens is 271 g/mol. The number of phenolic OH excluding ortho intramolecular Hbond substituents is 1. The molecule has 4 heteroatoms. The topological polar surface area (TPSA) is 57.5 Å². The van der Waals surface area contributed by atoms with Crippen LogP contribution in [0.2, 0.25) is 0 Å². The number of aromatic carboxylic acids is 1. The zero-order valence-electron chi connectivity index (χ0n) is 11.8. The molecule has 0 unspecified atom stereocenters. The molecule has 3 nitrogen and oxygen atoms in total. The molecule has 0 amide bonds. The predicted molar refractivity (Wildman–Crippen MR) is 74.9 cm³/mol. The van der Waals surface area contributed by atoms with Gasteiger partial charge >= 0.3 is 5.97 Å². The Balaban J connectivity index is 1.83. The monoisotopic (exact) mass is 290 g/mol. The van der Waals surface area contributed by atoms with Crippen LogP contribution in [0.1, 0.15) is 54.4 Å². The molecule has 0 atom stereocenters. The standard InChI is InChI=1S/C17H19FO3/c18-14-5-15(19)13(4-12(14)16(20)21)17-6-9-1-10(7-17)3-11(2-9)8-17/h4-5,9-11,19H,1-3,6-8H2,(H,20,21). The number of hydrogen-bond acceptors (Lipinski definition) is 2. The smallest absolute Gasteiger partial charge is 0.338 e. The van der Waals surface area contributed by atoms with Crippen LogP contribution < -0.4 is 0 Å². The second-order valence-corrected chi connectivity index (χ2v) is 7.35. The highest BCUT2D eigenvalue weighted by Gasteiger charge is 2.52. The van der Waals surface area contributed by atoms with Crippen molar-refractivity contribution in [3.8, 4) is 5.75 Å². The average molecular weight is 290 g/mol. The van der Waals surface area contributed by atoms with Crippen molar-refractivity contribution >= 4 is 5.97 Å². The number of carboxylic acid groups (broad SMARTS) is 1. The Morgan fingerprint density at radius 3 is 2.10 bits per heavy atom. The van der Waals surface area contributed by atoms with Gasteiger partial charge in [0.05, 0.1) is 5.56 Å². The van der Waals surface area contributed by atoms with E-state index in [0.717, 1.165) is 25.3 Å². The molecule has 5 rings (SSSR count). The molecule has 112 valence electrons. The van der Waals surface area contributed by atoms with Crippen molar-refractivity contribution in [3.05, 3.63) is 29.1 Å². The Kier molecular flexibility index (Phi) is 2.63. The summed E-state index contributed by atoms with van der Waals surface area (Å²) in [4.78, 5) is 11.2. The Bertz CT molecular complexity index is 587. The fraction of sp³-hybridized carbons (Fsp3) is 0.588. The van der Waals surface area contributed by atoms with Crippen LogP contribution in [0, 0.1) is 23.6 Å². The Morgan fingerprint density at radius 1 is 1.10 bits per heavy atom. The van der Waals surface area contributed by atoms with Crippen LogP contribution in [-0.2, 0) is 5.41 Å². The SMILES string of the molecule is O=C(O)c1cc(C23CC4CC(CC(C4)C2)C3)c(O)cc1F. The Hall–Kier alpha value is -1.58. The zero-order valence-corrected chi connectivity index (χ0v) is 11.8. The average Bonchev–Trinajstić information content (AvgIpc) is 2.35. The largest absolute Gasteiger partial charge is 0.508 e. The number of benzene rings is 1. The van der Waals surface area contributed by atoms with Crippen LogP contribution in [0.5, 0.6) is 5.75 Å². The molecule has 2 N–H and O–H groups in total. The summed E-state index contributed by atoms with van der Waals surface area (Å²) >= 11 is 0. The molecule has 4 bridgehead atoms. The van der Waals surface area contributed by atoms with Crippen molar-refractivity contribution in [1.82, 2.24) is 0 Å². The van der Waals surface area contributed by atoms with Crippen molar-refractivity contribution < 1.29 is 19.4 Å². The highest BCUT2D eigenvalue weighted by molar-refractivity contribution is 5.88. The van der Waals surface area contributed by atoms with Crippen LogP contribution in [0.25, 0.3) is 0 Å². The van der Waals surface area contributed by atoms with E-state index in [-0.39, 0.29) is 16.7 Å². The molecule has 4 saturated carbocycles. The summed E-state index contributed by atoms with van der Waals surface area (Å²) in [5, 5.41) is 19.4. The summed E-state index contributed by atoms with van der Waals surface area (Å²) in [6.45, 7) is 0. The van der Waals surface area contributed by atoms with E-state index in [1.54, 1.807) is 0 Å². The third-order valence-corrected chi connectivity index (χ3v) is 5.93. The van der Waals surface area contributed by atoms with Gasteiger partial charge in [-0.15, -0.1) is 0 Å². The lowest BCUT2D eigenvalue weighted by atomic mass is 9.48. The summed E-state index contributed by atoms with van der Waals surface area (Å²) < 4.78 is 13.7. The maximum absolute atomic E-state index is 13.7. The van der Waals surface area contributed by atoms with E-state index in [1.165, 1.54) is 25.3 Å². The van der Waals surface area contributed by atoms with E-state index in [9.17, 15) is 14.3 Å². The fourth-order valence-electron chi connectivity index (χ4n) is 5.59. The molecule has 0 saturated heterocycles. The highest BCUT2D eigenvalue weighted by Crippen LogP contribution is 2.61. The lowest BCUT2D eigenvalue weighted by molar-refractivity contribution is -0.00620. The third-order valence-electron chi connectivity index (χ3n) is 5.93. The third kappa shape index (κ3) is 1.88. The van der Waals surface area contributed by atoms with Gasteiger partial charge in [-0.2, -0.15) is 0 Å². The first kappa shape index (κ1) is 13.1. The van der Waals surface area contributed by atoms with Gasteiger partial charge in [0.15, 0.2) is 0 Å². The first-order valence-corrected chi connectivity index (χ1v) is 7.73. The van der Waals surface area contributed by atoms with E-state index < -0.39 is 11.8 Å². The second-order valence-electron chi connectivity index (χ2n) is 7.35. The van der Waals surface area contributed by atoms with Gasteiger partial charge in [0.25, 0.3) is 0 Å². The van der Waals surface area contributed by atoms with Crippen molar-refractivity contribution in [2.45, 2.75) is 43.9 Å². The van der Waals surface area contributed by atoms with Gasteiger partial charge in [0, 0.05) is 11.6 Å². The van der Waals surface area contributed by atoms with Crippen molar-refractivity contribution in [2.75, 3.05) is 0 Å². The molecule has 0 spiro atoms. The van der Waals surface area contributed by atoms with Crippen LogP contribution >= 0.6 is 0 Å². The van der Waals surface area contributed by atoms with Gasteiger partial charge in [-0.3, -0.25) is 0 Å². The lowest BCUT2D eigenvalue weighted by Gasteiger charge is -2.57. The van der Waals surface area contributed by atoms with Crippen LogP contribution in [0.15, 0.2) is 12.1 Å². The van der Waals surface area contributed by atoms with Gasteiger partial charge in [0.2, 0.25) is 0 Å². The molecule has 0 radical (unpaired) electrons. The minimum atomic E-state index is -1.27. The summed E-state index contributed by atoms with van der Waals surface area (Å²) in [6, 6.07) is 2.37. The van der Waals surface area contributed by atoms with E-state index in [4.69, 9.17) is 5.11 Å². The summed E-state index contributed by atoms with van der Waals surface area (Å²) in [5.41, 5.74) is 0.218. The number of carbonyl (C=O) groups is 1. The predicted octanol–water partition coefficient (Wildman–Crippen LogP) is 3.70. The number of phenols is 1. The molecule has 1 aromatic carbocycles. The minimum absolute atomic E-state index is 0.0700. The number of rotatable bonds is 2. The number of aromatic hydroxyl groups is 1. The Labute approximate surface area is 122 Å². The van der Waals surface area contributed by atoms with E-state index in [2.05, 4.69) is 0 Å². The van der Waals surface area contributed by atoms with Crippen molar-refractivity contribution in [3.63, 3.8) is 0 Å². The van der Waals surface area contributed by atoms with Crippen molar-refractivity contribution in [2.24, 2.45) is 17.8 Å². The van der Waals surface area contributed by atoms with Gasteiger partial charge in [-0.25, -0.2) is 9.18 Å². The van der Waals surface area contributed by atoms with Gasteiger partial charge < -0.3 is 10.2 Å². The molecular formula is C17H19FO3. The first-order chi connectivity index (χ1) is 9.97. The van der Waals surface area contributed by atoms with E-state index in [0.29, 0.717) is 23.3 Å². The second kappa shape index (κ2) is 4.21. The molecule has 1 aromatic rings. The van der Waals surface area contributed by atoms with E-state index >= 15 is 0 Å². The highest BCUT2D eigenvalue weighted by atomic mass is 19.1. The normalized spacial score (nSPS) is 36.9.